The highest BCUT2D eigenvalue weighted by Gasteiger charge is 2.40. The SMILES string of the molecule is C=C1CCC(N2Cc3cc(O[C@@H]4CCC(C)[C@@H]4N(CC)CC)ccc3C2=O)C(=O)N1. The highest BCUT2D eigenvalue weighted by Crippen LogP contribution is 2.35. The van der Waals surface area contributed by atoms with Gasteiger partial charge in [-0.3, -0.25) is 14.5 Å². The van der Waals surface area contributed by atoms with E-state index in [-0.39, 0.29) is 17.9 Å². The van der Waals surface area contributed by atoms with Gasteiger partial charge in [-0.05, 0) is 68.5 Å². The lowest BCUT2D eigenvalue weighted by Crippen LogP contribution is -2.49. The van der Waals surface area contributed by atoms with E-state index in [4.69, 9.17) is 4.74 Å². The fourth-order valence-electron chi connectivity index (χ4n) is 5.38. The molecule has 30 heavy (non-hydrogen) atoms. The molecule has 3 aliphatic rings. The van der Waals surface area contributed by atoms with E-state index in [0.29, 0.717) is 36.9 Å². The summed E-state index contributed by atoms with van der Waals surface area (Å²) in [5.41, 5.74) is 2.35. The van der Waals surface area contributed by atoms with Crippen LogP contribution < -0.4 is 10.1 Å². The lowest BCUT2D eigenvalue weighted by atomic mass is 10.0. The molecule has 1 N–H and O–H groups in total. The number of allylic oxidation sites excluding steroid dienone is 1. The Balaban J connectivity index is 1.49. The maximum absolute atomic E-state index is 12.9. The third kappa shape index (κ3) is 3.73. The molecule has 1 aromatic carbocycles. The first-order valence-electron chi connectivity index (χ1n) is 11.3. The molecule has 0 aromatic heterocycles. The lowest BCUT2D eigenvalue weighted by molar-refractivity contribution is -0.126. The standard InChI is InChI=1S/C24H33N3O3/c1-5-26(6-2)22-15(3)7-12-21(22)30-18-9-10-19-17(13-18)14-27(24(19)29)20-11-8-16(4)25-23(20)28/h9-10,13,15,20-22H,4-8,11-12,14H2,1-3H3,(H,25,28)/t15?,20?,21-,22+/m1/s1. The van der Waals surface area contributed by atoms with Crippen molar-refractivity contribution in [2.75, 3.05) is 13.1 Å². The summed E-state index contributed by atoms with van der Waals surface area (Å²) < 4.78 is 6.46. The molecule has 4 atom stereocenters. The second-order valence-corrected chi connectivity index (χ2v) is 8.82. The van der Waals surface area contributed by atoms with Crippen molar-refractivity contribution in [1.29, 1.82) is 0 Å². The molecule has 1 aliphatic carbocycles. The van der Waals surface area contributed by atoms with Crippen LogP contribution in [0.2, 0.25) is 0 Å². The van der Waals surface area contributed by atoms with Crippen LogP contribution in [-0.2, 0) is 11.3 Å². The normalized spacial score (nSPS) is 28.8. The van der Waals surface area contributed by atoms with Gasteiger partial charge in [0.25, 0.3) is 5.91 Å². The van der Waals surface area contributed by atoms with E-state index in [1.165, 1.54) is 6.42 Å². The molecule has 1 aromatic rings. The van der Waals surface area contributed by atoms with Crippen molar-refractivity contribution in [2.24, 2.45) is 5.92 Å². The summed E-state index contributed by atoms with van der Waals surface area (Å²) in [4.78, 5) is 29.5. The van der Waals surface area contributed by atoms with Crippen LogP contribution in [0, 0.1) is 5.92 Å². The van der Waals surface area contributed by atoms with E-state index in [0.717, 1.165) is 36.5 Å². The number of hydrogen-bond donors (Lipinski definition) is 1. The van der Waals surface area contributed by atoms with E-state index in [1.807, 2.05) is 18.2 Å². The van der Waals surface area contributed by atoms with Gasteiger partial charge < -0.3 is 15.0 Å². The molecule has 162 valence electrons. The molecule has 4 rings (SSSR count). The summed E-state index contributed by atoms with van der Waals surface area (Å²) in [6, 6.07) is 5.76. The third-order valence-corrected chi connectivity index (χ3v) is 7.00. The molecule has 2 unspecified atom stereocenters. The number of benzene rings is 1. The number of carbonyl (C=O) groups is 2. The minimum absolute atomic E-state index is 0.0697. The summed E-state index contributed by atoms with van der Waals surface area (Å²) >= 11 is 0. The predicted octanol–water partition coefficient (Wildman–Crippen LogP) is 3.32. The average Bonchev–Trinajstić information content (AvgIpc) is 3.23. The number of nitrogens with zero attached hydrogens (tertiary/aromatic N) is 2. The zero-order valence-electron chi connectivity index (χ0n) is 18.3. The number of hydrogen-bond acceptors (Lipinski definition) is 4. The predicted molar refractivity (Wildman–Crippen MR) is 116 cm³/mol. The van der Waals surface area contributed by atoms with Crippen LogP contribution in [0.25, 0.3) is 0 Å². The molecule has 2 fully saturated rings. The number of carbonyl (C=O) groups excluding carboxylic acids is 2. The molecule has 2 heterocycles. The van der Waals surface area contributed by atoms with Crippen molar-refractivity contribution in [3.8, 4) is 5.75 Å². The Hall–Kier alpha value is -2.34. The average molecular weight is 412 g/mol. The zero-order chi connectivity index (χ0) is 21.4. The largest absolute Gasteiger partial charge is 0.489 e. The Kier molecular flexibility index (Phi) is 5.87. The molecular formula is C24H33N3O3. The lowest BCUT2D eigenvalue weighted by Gasteiger charge is -2.34. The first kappa shape index (κ1) is 20.9. The highest BCUT2D eigenvalue weighted by atomic mass is 16.5. The van der Waals surface area contributed by atoms with Gasteiger partial charge in [-0.15, -0.1) is 0 Å². The number of piperidine rings is 1. The van der Waals surface area contributed by atoms with Gasteiger partial charge in [0.2, 0.25) is 5.91 Å². The molecule has 2 amide bonds. The van der Waals surface area contributed by atoms with Crippen LogP contribution in [0.4, 0.5) is 0 Å². The van der Waals surface area contributed by atoms with Gasteiger partial charge in [0, 0.05) is 23.8 Å². The van der Waals surface area contributed by atoms with Gasteiger partial charge in [-0.25, -0.2) is 0 Å². The summed E-state index contributed by atoms with van der Waals surface area (Å²) in [5, 5.41) is 2.79. The molecule has 0 radical (unpaired) electrons. The molecule has 1 saturated heterocycles. The summed E-state index contributed by atoms with van der Waals surface area (Å²) in [5.74, 6) is 1.23. The first-order valence-corrected chi connectivity index (χ1v) is 11.3. The second-order valence-electron chi connectivity index (χ2n) is 8.82. The molecule has 2 aliphatic heterocycles. The second kappa shape index (κ2) is 8.42. The number of likely N-dealkylation sites (N-methyl/N-ethyl adjacent to an activating group) is 1. The summed E-state index contributed by atoms with van der Waals surface area (Å²) in [6.07, 6.45) is 3.72. The monoisotopic (exact) mass is 411 g/mol. The fourth-order valence-corrected chi connectivity index (χ4v) is 5.38. The molecule has 1 saturated carbocycles. The van der Waals surface area contributed by atoms with Crippen LogP contribution in [0.15, 0.2) is 30.5 Å². The Morgan fingerprint density at radius 3 is 2.67 bits per heavy atom. The number of nitrogens with one attached hydrogen (secondary N) is 1. The van der Waals surface area contributed by atoms with Gasteiger partial charge >= 0.3 is 0 Å². The van der Waals surface area contributed by atoms with Gasteiger partial charge in [0.15, 0.2) is 0 Å². The van der Waals surface area contributed by atoms with Crippen LogP contribution in [0.5, 0.6) is 5.75 Å². The third-order valence-electron chi connectivity index (χ3n) is 7.00. The number of ether oxygens (including phenoxy) is 1. The molecule has 6 nitrogen and oxygen atoms in total. The van der Waals surface area contributed by atoms with Crippen molar-refractivity contribution in [3.63, 3.8) is 0 Å². The Morgan fingerprint density at radius 1 is 1.20 bits per heavy atom. The topological polar surface area (TPSA) is 61.9 Å². The van der Waals surface area contributed by atoms with Crippen LogP contribution >= 0.6 is 0 Å². The van der Waals surface area contributed by atoms with Crippen molar-refractivity contribution >= 4 is 11.8 Å². The van der Waals surface area contributed by atoms with Crippen LogP contribution in [0.3, 0.4) is 0 Å². The molecular weight excluding hydrogens is 378 g/mol. The summed E-state index contributed by atoms with van der Waals surface area (Å²) in [7, 11) is 0. The number of fused-ring (bicyclic) bond motifs is 1. The number of rotatable bonds is 6. The van der Waals surface area contributed by atoms with Gasteiger partial charge in [-0.1, -0.05) is 27.4 Å². The highest BCUT2D eigenvalue weighted by molar-refractivity contribution is 6.01. The van der Waals surface area contributed by atoms with Crippen LogP contribution in [-0.4, -0.2) is 52.9 Å². The molecule has 6 heteroatoms. The van der Waals surface area contributed by atoms with Crippen molar-refractivity contribution < 1.29 is 14.3 Å². The first-order chi connectivity index (χ1) is 14.4. The quantitative estimate of drug-likeness (QED) is 0.780. The van der Waals surface area contributed by atoms with Gasteiger partial charge in [0.05, 0.1) is 0 Å². The van der Waals surface area contributed by atoms with E-state index in [2.05, 4.69) is 37.6 Å². The fraction of sp³-hybridized carbons (Fsp3) is 0.583. The van der Waals surface area contributed by atoms with E-state index in [1.54, 1.807) is 4.90 Å². The maximum atomic E-state index is 12.9. The Bertz CT molecular complexity index is 848. The minimum Gasteiger partial charge on any atom is -0.489 e. The van der Waals surface area contributed by atoms with Gasteiger partial charge in [0.1, 0.15) is 17.9 Å². The van der Waals surface area contributed by atoms with E-state index >= 15 is 0 Å². The van der Waals surface area contributed by atoms with Crippen molar-refractivity contribution in [3.05, 3.63) is 41.6 Å². The summed E-state index contributed by atoms with van der Waals surface area (Å²) in [6.45, 7) is 13.1. The Labute approximate surface area is 179 Å². The number of amides is 2. The molecule has 0 bridgehead atoms. The maximum Gasteiger partial charge on any atom is 0.255 e. The Morgan fingerprint density at radius 2 is 1.97 bits per heavy atom. The smallest absolute Gasteiger partial charge is 0.255 e. The van der Waals surface area contributed by atoms with Crippen molar-refractivity contribution in [1.82, 2.24) is 15.1 Å². The molecule has 0 spiro atoms. The minimum atomic E-state index is -0.428. The van der Waals surface area contributed by atoms with Gasteiger partial charge in [-0.2, -0.15) is 0 Å². The van der Waals surface area contributed by atoms with E-state index < -0.39 is 6.04 Å². The van der Waals surface area contributed by atoms with Crippen LogP contribution in [0.1, 0.15) is 62.4 Å². The van der Waals surface area contributed by atoms with Crippen molar-refractivity contribution in [2.45, 2.75) is 71.2 Å². The zero-order valence-corrected chi connectivity index (χ0v) is 18.3. The van der Waals surface area contributed by atoms with E-state index in [9.17, 15) is 9.59 Å².